The maximum Gasteiger partial charge on any atom is 0.285 e. The molecule has 15 heavy (non-hydrogen) atoms. The summed E-state index contributed by atoms with van der Waals surface area (Å²) >= 11 is 0. The summed E-state index contributed by atoms with van der Waals surface area (Å²) in [7, 11) is 0. The lowest BCUT2D eigenvalue weighted by atomic mass is 10.0. The van der Waals surface area contributed by atoms with E-state index in [0.29, 0.717) is 11.5 Å². The normalized spacial score (nSPS) is 9.60. The molecule has 2 nitrogen and oxygen atoms in total. The maximum absolute atomic E-state index is 11.4. The van der Waals surface area contributed by atoms with Gasteiger partial charge >= 0.3 is 0 Å². The zero-order valence-electron chi connectivity index (χ0n) is 9.32. The Morgan fingerprint density at radius 2 is 1.93 bits per heavy atom. The largest absolute Gasteiger partial charge is 0.285 e. The van der Waals surface area contributed by atoms with Gasteiger partial charge in [0.05, 0.1) is 0 Å². The van der Waals surface area contributed by atoms with Gasteiger partial charge in [0.2, 0.25) is 0 Å². The number of hydrogen-bond acceptors (Lipinski definition) is 1. The van der Waals surface area contributed by atoms with Crippen LogP contribution in [0.5, 0.6) is 0 Å². The van der Waals surface area contributed by atoms with E-state index in [-0.39, 0.29) is 5.91 Å². The molecule has 0 bridgehead atoms. The second-order valence-corrected chi connectivity index (χ2v) is 3.61. The molecule has 0 atom stereocenters. The number of hydrogen-bond donors (Lipinski definition) is 0. The molecule has 0 saturated carbocycles. The Morgan fingerprint density at radius 1 is 1.33 bits per heavy atom. The first-order valence-corrected chi connectivity index (χ1v) is 5.03. The molecule has 0 heterocycles. The van der Waals surface area contributed by atoms with Crippen molar-refractivity contribution in [2.75, 3.05) is 0 Å². The van der Waals surface area contributed by atoms with Gasteiger partial charge < -0.3 is 0 Å². The number of amides is 1. The number of carbonyl (C=O) groups excluding carboxylic acids is 1. The molecule has 0 aliphatic heterocycles. The Kier molecular flexibility index (Phi) is 4.02. The molecule has 0 unspecified atom stereocenters. The van der Waals surface area contributed by atoms with Crippen LogP contribution in [0.2, 0.25) is 0 Å². The zero-order valence-corrected chi connectivity index (χ0v) is 9.32. The van der Waals surface area contributed by atoms with Crippen LogP contribution in [0.1, 0.15) is 42.6 Å². The number of nitrogens with zero attached hydrogens (tertiary/aromatic N) is 1. The molecule has 0 aliphatic carbocycles. The molecule has 1 aromatic rings. The summed E-state index contributed by atoms with van der Waals surface area (Å²) < 4.78 is 0. The van der Waals surface area contributed by atoms with Crippen LogP contribution in [0.3, 0.4) is 0 Å². The van der Waals surface area contributed by atoms with Gasteiger partial charge in [0.15, 0.2) is 0 Å². The van der Waals surface area contributed by atoms with E-state index in [9.17, 15) is 4.79 Å². The Hall–Kier alpha value is -1.66. The van der Waals surface area contributed by atoms with Crippen molar-refractivity contribution in [2.24, 2.45) is 4.99 Å². The quantitative estimate of drug-likeness (QED) is 0.675. The second kappa shape index (κ2) is 5.28. The zero-order chi connectivity index (χ0) is 11.3. The summed E-state index contributed by atoms with van der Waals surface area (Å²) in [6, 6.07) is 7.53. The topological polar surface area (TPSA) is 29.4 Å². The minimum absolute atomic E-state index is 0.247. The van der Waals surface area contributed by atoms with Gasteiger partial charge in [0.25, 0.3) is 5.91 Å². The van der Waals surface area contributed by atoms with Gasteiger partial charge in [-0.05, 0) is 42.5 Å². The van der Waals surface area contributed by atoms with Gasteiger partial charge in [-0.1, -0.05) is 26.0 Å². The Bertz CT molecular complexity index is 395. The third-order valence-corrected chi connectivity index (χ3v) is 2.12. The van der Waals surface area contributed by atoms with Crippen LogP contribution in [0.25, 0.3) is 0 Å². The van der Waals surface area contributed by atoms with Crippen molar-refractivity contribution < 1.29 is 4.79 Å². The molecular weight excluding hydrogens is 186 g/mol. The van der Waals surface area contributed by atoms with Crippen molar-refractivity contribution in [3.8, 4) is 0 Å². The van der Waals surface area contributed by atoms with Gasteiger partial charge in [0.1, 0.15) is 0 Å². The van der Waals surface area contributed by atoms with Crippen LogP contribution in [-0.2, 0) is 0 Å². The van der Waals surface area contributed by atoms with E-state index in [2.05, 4.69) is 24.7 Å². The smallest absolute Gasteiger partial charge is 0.266 e. The summed E-state index contributed by atoms with van der Waals surface area (Å²) in [5.74, 6) is 2.77. The minimum Gasteiger partial charge on any atom is -0.266 e. The predicted octanol–water partition coefficient (Wildman–Crippen LogP) is 3.20. The fourth-order valence-electron chi connectivity index (χ4n) is 1.20. The summed E-state index contributed by atoms with van der Waals surface area (Å²) in [4.78, 5) is 15.1. The summed E-state index contributed by atoms with van der Waals surface area (Å²) in [5, 5.41) is 0. The predicted molar refractivity (Wildman–Crippen MR) is 62.5 cm³/mol. The molecule has 0 aliphatic rings. The van der Waals surface area contributed by atoms with Crippen LogP contribution in [-0.4, -0.2) is 11.8 Å². The number of rotatable bonds is 2. The molecular formula is C13H15NO. The lowest BCUT2D eigenvalue weighted by Crippen LogP contribution is -1.95. The highest BCUT2D eigenvalue weighted by Gasteiger charge is 2.03. The van der Waals surface area contributed by atoms with Gasteiger partial charge in [-0.3, -0.25) is 4.79 Å². The number of aliphatic imine (C=N–C) groups is 1. The SMILES string of the molecule is CC=C=NC(=O)c1ccc(C(C)C)cc1. The average molecular weight is 201 g/mol. The van der Waals surface area contributed by atoms with Crippen molar-refractivity contribution in [1.29, 1.82) is 0 Å². The number of allylic oxidation sites excluding steroid dienone is 1. The first kappa shape index (κ1) is 11.4. The molecule has 1 amide bonds. The fraction of sp³-hybridized carbons (Fsp3) is 0.308. The third kappa shape index (κ3) is 3.19. The van der Waals surface area contributed by atoms with Crippen molar-refractivity contribution >= 4 is 11.8 Å². The van der Waals surface area contributed by atoms with E-state index < -0.39 is 0 Å². The first-order chi connectivity index (χ1) is 7.15. The molecule has 0 spiro atoms. The number of benzene rings is 1. The van der Waals surface area contributed by atoms with Crippen molar-refractivity contribution in [1.82, 2.24) is 0 Å². The second-order valence-electron chi connectivity index (χ2n) is 3.61. The summed E-state index contributed by atoms with van der Waals surface area (Å²) in [6.45, 7) is 6.02. The molecule has 0 saturated heterocycles. The highest BCUT2D eigenvalue weighted by molar-refractivity contribution is 5.98. The van der Waals surface area contributed by atoms with Crippen LogP contribution >= 0.6 is 0 Å². The molecule has 0 fully saturated rings. The number of carbonyl (C=O) groups is 1. The van der Waals surface area contributed by atoms with Crippen molar-refractivity contribution in [3.05, 3.63) is 41.5 Å². The maximum atomic E-state index is 11.4. The molecule has 78 valence electrons. The van der Waals surface area contributed by atoms with Gasteiger partial charge in [-0.2, -0.15) is 4.99 Å². The molecule has 1 aromatic carbocycles. The highest BCUT2D eigenvalue weighted by Crippen LogP contribution is 2.14. The standard InChI is InChI=1S/C13H15NO/c1-4-9-14-13(15)12-7-5-11(6-8-12)10(2)3/h4-8,10H,1-3H3. The Labute approximate surface area is 90.4 Å². The summed E-state index contributed by atoms with van der Waals surface area (Å²) in [6.07, 6.45) is 1.61. The van der Waals surface area contributed by atoms with Crippen LogP contribution < -0.4 is 0 Å². The fourth-order valence-corrected chi connectivity index (χ4v) is 1.20. The third-order valence-electron chi connectivity index (χ3n) is 2.12. The van der Waals surface area contributed by atoms with Gasteiger partial charge in [-0.15, -0.1) is 0 Å². The van der Waals surface area contributed by atoms with Crippen LogP contribution in [0, 0.1) is 0 Å². The Balaban J connectivity index is 2.89. The molecule has 0 radical (unpaired) electrons. The van der Waals surface area contributed by atoms with E-state index in [1.807, 2.05) is 12.1 Å². The molecule has 0 aromatic heterocycles. The lowest BCUT2D eigenvalue weighted by molar-refractivity contribution is 0.100. The van der Waals surface area contributed by atoms with Crippen molar-refractivity contribution in [2.45, 2.75) is 26.7 Å². The average Bonchev–Trinajstić information content (AvgIpc) is 2.26. The van der Waals surface area contributed by atoms with Gasteiger partial charge in [-0.25, -0.2) is 0 Å². The molecule has 2 heteroatoms. The van der Waals surface area contributed by atoms with Crippen LogP contribution in [0.15, 0.2) is 35.3 Å². The molecule has 0 N–H and O–H groups in total. The first-order valence-electron chi connectivity index (χ1n) is 5.03. The Morgan fingerprint density at radius 3 is 2.40 bits per heavy atom. The van der Waals surface area contributed by atoms with Gasteiger partial charge in [0, 0.05) is 5.56 Å². The van der Waals surface area contributed by atoms with Crippen molar-refractivity contribution in [3.63, 3.8) is 0 Å². The van der Waals surface area contributed by atoms with Crippen LogP contribution in [0.4, 0.5) is 0 Å². The van der Waals surface area contributed by atoms with E-state index >= 15 is 0 Å². The van der Waals surface area contributed by atoms with E-state index in [0.717, 1.165) is 0 Å². The van der Waals surface area contributed by atoms with E-state index in [1.54, 1.807) is 25.1 Å². The summed E-state index contributed by atoms with van der Waals surface area (Å²) in [5.41, 5.74) is 1.83. The molecule has 1 rings (SSSR count). The minimum atomic E-state index is -0.247. The monoisotopic (exact) mass is 201 g/mol. The highest BCUT2D eigenvalue weighted by atomic mass is 16.1. The lowest BCUT2D eigenvalue weighted by Gasteiger charge is -2.04. The van der Waals surface area contributed by atoms with E-state index in [1.165, 1.54) is 5.56 Å². The van der Waals surface area contributed by atoms with E-state index in [4.69, 9.17) is 0 Å².